The van der Waals surface area contributed by atoms with Gasteiger partial charge in [-0.3, -0.25) is 34.6 Å². The molecule has 3 fully saturated rings. The Morgan fingerprint density at radius 1 is 0.803 bits per heavy atom. The van der Waals surface area contributed by atoms with Crippen molar-refractivity contribution >= 4 is 72.8 Å². The van der Waals surface area contributed by atoms with Crippen molar-refractivity contribution < 1.29 is 33.4 Å². The van der Waals surface area contributed by atoms with Crippen LogP contribution in [0.2, 0.25) is 0 Å². The van der Waals surface area contributed by atoms with Crippen molar-refractivity contribution in [2.45, 2.75) is 103 Å². The number of fused-ring (bicyclic) bond motifs is 3. The zero-order chi connectivity index (χ0) is 52.7. The first-order valence-corrected chi connectivity index (χ1v) is 27.5. The van der Waals surface area contributed by atoms with E-state index in [0.717, 1.165) is 119 Å². The number of carbonyl (C=O) groups excluding carboxylic acids is 4. The van der Waals surface area contributed by atoms with Gasteiger partial charge in [-0.05, 0) is 131 Å². The molecule has 3 aromatic heterocycles. The van der Waals surface area contributed by atoms with E-state index in [9.17, 15) is 19.2 Å². The molecule has 2 N–H and O–H groups in total. The number of anilines is 3. The fourth-order valence-electron chi connectivity index (χ4n) is 11.3. The molecule has 1 aliphatic carbocycles. The lowest BCUT2D eigenvalue weighted by Gasteiger charge is -2.36. The van der Waals surface area contributed by atoms with Gasteiger partial charge in [0.1, 0.15) is 17.2 Å². The number of amides is 3. The van der Waals surface area contributed by atoms with Crippen LogP contribution >= 0.6 is 11.3 Å². The summed E-state index contributed by atoms with van der Waals surface area (Å²) in [4.78, 5) is 69.2. The normalized spacial score (nSPS) is 19.4. The Kier molecular flexibility index (Phi) is 14.4. The maximum Gasteiger partial charge on any atom is 0.358 e. The molecule has 16 nitrogen and oxygen atoms in total. The highest BCUT2D eigenvalue weighted by Gasteiger charge is 2.34. The Morgan fingerprint density at radius 3 is 2.37 bits per heavy atom. The molecule has 3 aliphatic heterocycles. The number of pyridine rings is 1. The molecular formula is C59H65N9O7S. The number of benzene rings is 4. The minimum Gasteiger partial charge on any atom is -0.490 e. The van der Waals surface area contributed by atoms with E-state index in [1.54, 1.807) is 0 Å². The predicted octanol–water partition coefficient (Wildman–Crippen LogP) is 9.37. The number of hydrogen-bond donors (Lipinski definition) is 2. The molecule has 6 heterocycles. The van der Waals surface area contributed by atoms with Crippen LogP contribution in [0.25, 0.3) is 32.2 Å². The number of nitrogens with zero attached hydrogens (tertiary/aromatic N) is 7. The first-order chi connectivity index (χ1) is 36.7. The molecule has 394 valence electrons. The van der Waals surface area contributed by atoms with Crippen LogP contribution < -0.4 is 25.2 Å². The van der Waals surface area contributed by atoms with Gasteiger partial charge in [-0.25, -0.2) is 14.8 Å². The summed E-state index contributed by atoms with van der Waals surface area (Å²) in [6.45, 7) is 13.8. The summed E-state index contributed by atoms with van der Waals surface area (Å²) in [6, 6.07) is 29.8. The molecule has 0 radical (unpaired) electrons. The van der Waals surface area contributed by atoms with Gasteiger partial charge in [-0.2, -0.15) is 5.10 Å². The number of nitrogens with one attached hydrogen (secondary N) is 2. The molecule has 1 atom stereocenters. The number of para-hydroxylation sites is 2. The van der Waals surface area contributed by atoms with Gasteiger partial charge in [0.2, 0.25) is 11.8 Å². The molecule has 3 amide bonds. The molecule has 4 aliphatic rings. The van der Waals surface area contributed by atoms with Crippen LogP contribution in [0.4, 0.5) is 16.6 Å². The van der Waals surface area contributed by atoms with Gasteiger partial charge >= 0.3 is 5.97 Å². The zero-order valence-electron chi connectivity index (χ0n) is 43.9. The predicted molar refractivity (Wildman–Crippen MR) is 295 cm³/mol. The van der Waals surface area contributed by atoms with Gasteiger partial charge < -0.3 is 24.0 Å². The van der Waals surface area contributed by atoms with Crippen molar-refractivity contribution in [2.75, 3.05) is 61.0 Å². The van der Waals surface area contributed by atoms with Crippen LogP contribution in [0, 0.1) is 6.92 Å². The van der Waals surface area contributed by atoms with E-state index in [2.05, 4.69) is 42.5 Å². The molecule has 7 aromatic rings. The van der Waals surface area contributed by atoms with Crippen molar-refractivity contribution in [3.05, 3.63) is 125 Å². The number of hydrogen-bond acceptors (Lipinski definition) is 14. The van der Waals surface area contributed by atoms with Crippen molar-refractivity contribution in [1.82, 2.24) is 30.0 Å². The highest BCUT2D eigenvalue weighted by molar-refractivity contribution is 7.22. The minimum absolute atomic E-state index is 0.0341. The summed E-state index contributed by atoms with van der Waals surface area (Å²) < 4.78 is 22.1. The molecule has 0 bridgehead atoms. The smallest absolute Gasteiger partial charge is 0.358 e. The van der Waals surface area contributed by atoms with E-state index in [-0.39, 0.29) is 35.6 Å². The molecule has 76 heavy (non-hydrogen) atoms. The summed E-state index contributed by atoms with van der Waals surface area (Å²) in [5.41, 5.74) is 8.24. The molecule has 1 saturated carbocycles. The molecular weight excluding hydrogens is 979 g/mol. The molecule has 0 spiro atoms. The SMILES string of the molecule is Cc1c(OC2CCC(OCCN3CCN(c4cccc5c(C6CCC(=O)NC6=O)nn(C)c45)CC3)CC2)cccc1-c1ccc(N2CCc3cccc(C(=O)Nc4nc5ccccc5s4)c3C2)nc1C(=O)OC(C)(C)C. The zero-order valence-corrected chi connectivity index (χ0v) is 44.7. The van der Waals surface area contributed by atoms with Gasteiger partial charge in [0.05, 0.1) is 51.8 Å². The summed E-state index contributed by atoms with van der Waals surface area (Å²) in [7, 11) is 1.93. The number of imide groups is 1. The van der Waals surface area contributed by atoms with Gasteiger partial charge in [0, 0.05) is 75.8 Å². The van der Waals surface area contributed by atoms with Crippen LogP contribution in [0.15, 0.2) is 91.0 Å². The van der Waals surface area contributed by atoms with Gasteiger partial charge in [0.25, 0.3) is 5.91 Å². The third kappa shape index (κ3) is 10.8. The van der Waals surface area contributed by atoms with Crippen molar-refractivity contribution in [2.24, 2.45) is 7.05 Å². The number of thiazole rings is 1. The molecule has 4 aromatic carbocycles. The summed E-state index contributed by atoms with van der Waals surface area (Å²) in [5, 5.41) is 11.8. The monoisotopic (exact) mass is 1040 g/mol. The standard InChI is InChI=1S/C59H65N9O7S/c1-36-40(41-23-25-50(61-53(41)57(72)75-59(2,3)4)68-28-27-37-11-8-13-42(45(37)35-68)55(70)63-58-60-46-15-6-7-18-49(46)76-58)12-10-17-48(36)74-39-21-19-38(20-22-39)73-34-33-66-29-31-67(32-30-66)47-16-9-14-43-52(64-65(5)54(43)47)44-24-26-51(69)62-56(44)71/h6-18,23,25,38-39,44H,19-22,24,26-35H2,1-5H3,(H,60,63,70)(H,62,69,71). The van der Waals surface area contributed by atoms with Crippen LogP contribution in [0.5, 0.6) is 5.75 Å². The van der Waals surface area contributed by atoms with E-state index < -0.39 is 17.5 Å². The fourth-order valence-corrected chi connectivity index (χ4v) is 12.2. The first kappa shape index (κ1) is 50.9. The molecule has 17 heteroatoms. The number of aryl methyl sites for hydroxylation is 1. The van der Waals surface area contributed by atoms with Crippen LogP contribution in [0.3, 0.4) is 0 Å². The topological polar surface area (TPSA) is 173 Å². The highest BCUT2D eigenvalue weighted by atomic mass is 32.1. The summed E-state index contributed by atoms with van der Waals surface area (Å²) in [6.07, 6.45) is 5.29. The summed E-state index contributed by atoms with van der Waals surface area (Å²) in [5.74, 6) is -0.241. The van der Waals surface area contributed by atoms with Crippen molar-refractivity contribution in [1.29, 1.82) is 0 Å². The van der Waals surface area contributed by atoms with Crippen LogP contribution in [0.1, 0.15) is 108 Å². The van der Waals surface area contributed by atoms with Crippen molar-refractivity contribution in [3.8, 4) is 16.9 Å². The Balaban J connectivity index is 0.700. The lowest BCUT2D eigenvalue weighted by Crippen LogP contribution is -2.47. The Bertz CT molecular complexity index is 3320. The second-order valence-electron chi connectivity index (χ2n) is 21.5. The number of piperazine rings is 1. The third-order valence-corrected chi connectivity index (χ3v) is 16.2. The van der Waals surface area contributed by atoms with E-state index >= 15 is 0 Å². The maximum atomic E-state index is 14.1. The average Bonchev–Trinajstić information content (AvgIpc) is 4.02. The van der Waals surface area contributed by atoms with E-state index in [0.29, 0.717) is 61.0 Å². The quantitative estimate of drug-likeness (QED) is 0.0827. The van der Waals surface area contributed by atoms with Gasteiger partial charge in [-0.1, -0.05) is 59.9 Å². The van der Waals surface area contributed by atoms with Crippen molar-refractivity contribution in [3.63, 3.8) is 0 Å². The second kappa shape index (κ2) is 21.4. The average molecular weight is 1040 g/mol. The molecule has 1 unspecified atom stereocenters. The summed E-state index contributed by atoms with van der Waals surface area (Å²) >= 11 is 1.45. The molecule has 2 saturated heterocycles. The highest BCUT2D eigenvalue weighted by Crippen LogP contribution is 2.38. The number of rotatable bonds is 13. The van der Waals surface area contributed by atoms with E-state index in [1.807, 2.05) is 118 Å². The van der Waals surface area contributed by atoms with Crippen LogP contribution in [-0.2, 0) is 39.1 Å². The second-order valence-corrected chi connectivity index (χ2v) is 22.5. The largest absolute Gasteiger partial charge is 0.490 e. The number of aromatic nitrogens is 4. The number of ether oxygens (including phenoxy) is 3. The molecule has 11 rings (SSSR count). The number of esters is 1. The number of carbonyl (C=O) groups is 4. The lowest BCUT2D eigenvalue weighted by molar-refractivity contribution is -0.134. The first-order valence-electron chi connectivity index (χ1n) is 26.6. The number of piperidine rings is 1. The Morgan fingerprint density at radius 2 is 1.58 bits per heavy atom. The van der Waals surface area contributed by atoms with Gasteiger partial charge in [0.15, 0.2) is 10.8 Å². The van der Waals surface area contributed by atoms with Gasteiger partial charge in [-0.15, -0.1) is 0 Å². The fraction of sp³-hybridized carbons (Fsp3) is 0.407. The maximum absolute atomic E-state index is 14.1. The van der Waals surface area contributed by atoms with E-state index in [1.165, 1.54) is 11.3 Å². The Labute approximate surface area is 446 Å². The third-order valence-electron chi connectivity index (χ3n) is 15.2. The van der Waals surface area contributed by atoms with Crippen LogP contribution in [-0.4, -0.2) is 112 Å². The Hall–Kier alpha value is -7.21. The van der Waals surface area contributed by atoms with E-state index in [4.69, 9.17) is 24.3 Å². The lowest BCUT2D eigenvalue weighted by atomic mass is 9.92. The minimum atomic E-state index is -0.744.